The summed E-state index contributed by atoms with van der Waals surface area (Å²) in [4.78, 5) is 13.2. The average Bonchev–Trinajstić information content (AvgIpc) is 3.73. The first-order valence-electron chi connectivity index (χ1n) is 25.5. The number of hydrogen-bond donors (Lipinski definition) is 0. The monoisotopic (exact) mass is 600 g/mol. The molecule has 0 radical (unpaired) electrons. The fraction of sp³-hybridized carbons (Fsp3) is 0. The first kappa shape index (κ1) is 10.8. The van der Waals surface area contributed by atoms with Crippen molar-refractivity contribution in [2.75, 3.05) is 0 Å². The van der Waals surface area contributed by atoms with E-state index in [9.17, 15) is 6.85 Å². The van der Waals surface area contributed by atoms with Gasteiger partial charge in [0.2, 0.25) is 0 Å². The van der Waals surface area contributed by atoms with Gasteiger partial charge in [0.05, 0.1) is 34.3 Å². The van der Waals surface area contributed by atoms with Crippen LogP contribution in [0.3, 0.4) is 0 Å². The van der Waals surface area contributed by atoms with Gasteiger partial charge in [-0.3, -0.25) is 0 Å². The van der Waals surface area contributed by atoms with E-state index in [1.54, 1.807) is 0 Å². The summed E-state index contributed by atoms with van der Waals surface area (Å²) in [5.41, 5.74) is -4.61. The minimum Gasteiger partial charge on any atom is -0.456 e. The van der Waals surface area contributed by atoms with E-state index >= 15 is 0 Å². The molecular formula is C41H25N3O. The summed E-state index contributed by atoms with van der Waals surface area (Å²) < 4.78 is 225. The van der Waals surface area contributed by atoms with Gasteiger partial charge in [-0.2, -0.15) is 0 Å². The molecule has 0 fully saturated rings. The highest BCUT2D eigenvalue weighted by Gasteiger charge is 2.19. The SMILES string of the molecule is [2H]c1c([2H])c([2H])c(-c2nc(-c3c([2H])c([2H])c([2H])c4c(-c5c([2H])c([2H])c([2H])c6c([2H])c([2H])c([2H])c([2H])c56)c([2H])c([2H])c([2H])c34)nc(-c3c([2H])c([2H])c([2H])c4oc5c([2H])c([2H])c([2H])c([2H])c5c34)n2)c([2H])c1[2H]. The third-order valence-electron chi connectivity index (χ3n) is 6.82. The Kier molecular flexibility index (Phi) is 2.46. The molecule has 9 rings (SSSR count). The predicted molar refractivity (Wildman–Crippen MR) is 184 cm³/mol. The molecule has 45 heavy (non-hydrogen) atoms. The highest BCUT2D eigenvalue weighted by molar-refractivity contribution is 6.12. The van der Waals surface area contributed by atoms with Crippen LogP contribution in [0.1, 0.15) is 34.3 Å². The van der Waals surface area contributed by atoms with Crippen LogP contribution >= 0.6 is 0 Å². The Labute approximate surface area is 294 Å². The molecule has 0 amide bonds. The van der Waals surface area contributed by atoms with Crippen LogP contribution in [0.5, 0.6) is 0 Å². The van der Waals surface area contributed by atoms with E-state index < -0.39 is 240 Å². The van der Waals surface area contributed by atoms with Gasteiger partial charge in [0.15, 0.2) is 17.5 Å². The molecule has 0 bridgehead atoms. The Morgan fingerprint density at radius 3 is 1.73 bits per heavy atom. The maximum atomic E-state index is 9.30. The smallest absolute Gasteiger partial charge is 0.164 e. The standard InChI is InChI=1S/C41H25N3O/c1-2-13-27(14-3-1)39-42-40(44-41(43-39)35-23-11-25-37-38(35)34-17-6-7-24-36(34)45-37)33-22-10-20-31-30(19-9-21-32(31)33)29-18-8-15-26-12-4-5-16-28(26)29/h1-25H/i1D,2D,3D,4D,5D,6D,7D,8D,9D,10D,11D,12D,13D,14D,15D,16D,17D,18D,19D,20D,21D,22D,23D,24D,25D. The number of fused-ring (bicyclic) bond motifs is 5. The van der Waals surface area contributed by atoms with Crippen molar-refractivity contribution >= 4 is 43.5 Å². The summed E-state index contributed by atoms with van der Waals surface area (Å²) in [6, 6.07) is -21.8. The number of aromatic nitrogens is 3. The molecule has 0 unspecified atom stereocenters. The van der Waals surface area contributed by atoms with E-state index in [0.717, 1.165) is 0 Å². The summed E-state index contributed by atoms with van der Waals surface area (Å²) in [5.74, 6) is -2.49. The van der Waals surface area contributed by atoms with E-state index in [-0.39, 0.29) is 0 Å². The van der Waals surface area contributed by atoms with Crippen LogP contribution in [0.25, 0.3) is 88.8 Å². The maximum Gasteiger partial charge on any atom is 0.164 e. The van der Waals surface area contributed by atoms with Gasteiger partial charge in [-0.15, -0.1) is 0 Å². The lowest BCUT2D eigenvalue weighted by molar-refractivity contribution is 0.669. The molecule has 0 aliphatic rings. The van der Waals surface area contributed by atoms with E-state index in [0.29, 0.717) is 0 Å². The molecule has 7 aromatic carbocycles. The number of para-hydroxylation sites is 1. The number of nitrogens with zero attached hydrogens (tertiary/aromatic N) is 3. The summed E-state index contributed by atoms with van der Waals surface area (Å²) in [6.45, 7) is 0. The van der Waals surface area contributed by atoms with Crippen LogP contribution in [0.4, 0.5) is 0 Å². The topological polar surface area (TPSA) is 51.8 Å². The second-order valence-electron chi connectivity index (χ2n) is 9.32. The molecule has 0 aliphatic heterocycles. The maximum absolute atomic E-state index is 9.30. The number of rotatable bonds is 4. The van der Waals surface area contributed by atoms with Crippen LogP contribution in [0, 0.1) is 0 Å². The van der Waals surface area contributed by atoms with Gasteiger partial charge < -0.3 is 4.42 Å². The molecule has 0 spiro atoms. The molecule has 210 valence electrons. The molecular weight excluding hydrogens is 550 g/mol. The number of benzene rings is 7. The molecule has 4 nitrogen and oxygen atoms in total. The zero-order valence-corrected chi connectivity index (χ0v) is 22.2. The van der Waals surface area contributed by atoms with Crippen LogP contribution < -0.4 is 0 Å². The van der Waals surface area contributed by atoms with Gasteiger partial charge in [-0.25, -0.2) is 15.0 Å². The zero-order valence-electron chi connectivity index (χ0n) is 47.2. The Hall–Kier alpha value is -6.13. The lowest BCUT2D eigenvalue weighted by Crippen LogP contribution is -2.01. The van der Waals surface area contributed by atoms with Crippen molar-refractivity contribution in [1.29, 1.82) is 0 Å². The normalized spacial score (nSPS) is 19.3. The van der Waals surface area contributed by atoms with Crippen LogP contribution in [-0.4, -0.2) is 15.0 Å². The predicted octanol–water partition coefficient (Wildman–Crippen LogP) is 10.7. The largest absolute Gasteiger partial charge is 0.456 e. The summed E-state index contributed by atoms with van der Waals surface area (Å²) in [7, 11) is 0. The highest BCUT2D eigenvalue weighted by atomic mass is 16.3. The molecule has 2 heterocycles. The number of furan rings is 1. The number of hydrogen-bond acceptors (Lipinski definition) is 4. The molecule has 0 saturated carbocycles. The lowest BCUT2D eigenvalue weighted by Gasteiger charge is -2.14. The van der Waals surface area contributed by atoms with Gasteiger partial charge in [0.1, 0.15) is 11.2 Å². The summed E-state index contributed by atoms with van der Waals surface area (Å²) >= 11 is 0. The molecule has 0 saturated heterocycles. The Morgan fingerprint density at radius 2 is 0.889 bits per heavy atom. The van der Waals surface area contributed by atoms with Crippen molar-refractivity contribution in [3.63, 3.8) is 0 Å². The van der Waals surface area contributed by atoms with Gasteiger partial charge >= 0.3 is 0 Å². The molecule has 4 heteroatoms. The molecule has 2 aromatic heterocycles. The van der Waals surface area contributed by atoms with Crippen molar-refractivity contribution < 1.29 is 38.7 Å². The summed E-state index contributed by atoms with van der Waals surface area (Å²) in [6.07, 6.45) is 0. The minimum atomic E-state index is -1.01. The van der Waals surface area contributed by atoms with Crippen molar-refractivity contribution in [1.82, 2.24) is 15.0 Å². The second-order valence-corrected chi connectivity index (χ2v) is 9.32. The van der Waals surface area contributed by atoms with Gasteiger partial charge in [-0.1, -0.05) is 139 Å². The minimum absolute atomic E-state index is 0.424. The molecule has 0 N–H and O–H groups in total. The van der Waals surface area contributed by atoms with Crippen molar-refractivity contribution in [3.8, 4) is 45.3 Å². The van der Waals surface area contributed by atoms with Crippen LogP contribution in [0.15, 0.2) is 155 Å². The fourth-order valence-electron chi connectivity index (χ4n) is 4.89. The molecule has 0 atom stereocenters. The van der Waals surface area contributed by atoms with Crippen LogP contribution in [-0.2, 0) is 0 Å². The highest BCUT2D eigenvalue weighted by Crippen LogP contribution is 2.39. The fourth-order valence-corrected chi connectivity index (χ4v) is 4.89. The van der Waals surface area contributed by atoms with Gasteiger partial charge in [0, 0.05) is 27.5 Å². The third-order valence-corrected chi connectivity index (χ3v) is 6.82. The van der Waals surface area contributed by atoms with Crippen LogP contribution in [0.2, 0.25) is 0 Å². The van der Waals surface area contributed by atoms with Gasteiger partial charge in [0.25, 0.3) is 0 Å². The van der Waals surface area contributed by atoms with Crippen molar-refractivity contribution in [2.45, 2.75) is 0 Å². The van der Waals surface area contributed by atoms with Crippen molar-refractivity contribution in [2.24, 2.45) is 0 Å². The van der Waals surface area contributed by atoms with E-state index in [1.165, 1.54) is 0 Å². The third kappa shape index (κ3) is 4.19. The Balaban J connectivity index is 1.54. The zero-order chi connectivity index (χ0) is 51.5. The first-order valence-corrected chi connectivity index (χ1v) is 13.0. The second kappa shape index (κ2) is 10.2. The quantitative estimate of drug-likeness (QED) is 0.202. The molecule has 9 aromatic rings. The van der Waals surface area contributed by atoms with E-state index in [4.69, 9.17) is 31.8 Å². The Morgan fingerprint density at radius 1 is 0.378 bits per heavy atom. The van der Waals surface area contributed by atoms with Crippen molar-refractivity contribution in [3.05, 3.63) is 151 Å². The summed E-state index contributed by atoms with van der Waals surface area (Å²) in [5, 5.41) is -3.44. The van der Waals surface area contributed by atoms with E-state index in [1.807, 2.05) is 0 Å². The van der Waals surface area contributed by atoms with Gasteiger partial charge in [-0.05, 0) is 44.8 Å². The molecule has 0 aliphatic carbocycles. The first-order chi connectivity index (χ1) is 32.7. The Bertz CT molecular complexity index is 3930. The van der Waals surface area contributed by atoms with E-state index in [2.05, 4.69) is 15.0 Å². The average molecular weight is 601 g/mol. The lowest BCUT2D eigenvalue weighted by atomic mass is 9.92.